The van der Waals surface area contributed by atoms with Gasteiger partial charge in [-0.05, 0) is 24.5 Å². The van der Waals surface area contributed by atoms with Gasteiger partial charge in [0.05, 0.1) is 5.71 Å². The molecule has 0 saturated carbocycles. The van der Waals surface area contributed by atoms with Crippen molar-refractivity contribution in [3.05, 3.63) is 35.4 Å². The number of oxime groups is 1. The third kappa shape index (κ3) is 2.91. The van der Waals surface area contributed by atoms with Crippen molar-refractivity contribution in [3.63, 3.8) is 0 Å². The van der Waals surface area contributed by atoms with Crippen molar-refractivity contribution in [2.45, 2.75) is 33.2 Å². The predicted octanol–water partition coefficient (Wildman–Crippen LogP) is 3.06. The Bertz CT molecular complexity index is 428. The van der Waals surface area contributed by atoms with Crippen molar-refractivity contribution in [1.82, 2.24) is 4.90 Å². The molecule has 18 heavy (non-hydrogen) atoms. The Balaban J connectivity index is 2.02. The molecule has 1 atom stereocenters. The maximum Gasteiger partial charge on any atom is 0.0627 e. The summed E-state index contributed by atoms with van der Waals surface area (Å²) in [5.74, 6) is 0.410. The Morgan fingerprint density at radius 1 is 1.39 bits per heavy atom. The van der Waals surface area contributed by atoms with Gasteiger partial charge < -0.3 is 5.21 Å². The molecule has 0 aliphatic carbocycles. The fourth-order valence-electron chi connectivity index (χ4n) is 2.65. The average molecular weight is 246 g/mol. The van der Waals surface area contributed by atoms with Gasteiger partial charge in [0.2, 0.25) is 0 Å². The van der Waals surface area contributed by atoms with E-state index in [0.717, 1.165) is 38.2 Å². The van der Waals surface area contributed by atoms with Crippen LogP contribution < -0.4 is 0 Å². The number of rotatable bonds is 3. The zero-order chi connectivity index (χ0) is 13.0. The summed E-state index contributed by atoms with van der Waals surface area (Å²) in [6.45, 7) is 7.32. The molecular formula is C15H22N2O. The summed E-state index contributed by atoms with van der Waals surface area (Å²) in [5.41, 5.74) is 3.72. The zero-order valence-corrected chi connectivity index (χ0v) is 11.3. The molecule has 0 bridgehead atoms. The molecule has 2 rings (SSSR count). The van der Waals surface area contributed by atoms with Crippen molar-refractivity contribution in [3.8, 4) is 0 Å². The Morgan fingerprint density at radius 2 is 2.17 bits per heavy atom. The number of piperidine rings is 1. The first kappa shape index (κ1) is 13.1. The van der Waals surface area contributed by atoms with Crippen LogP contribution in [0.15, 0.2) is 29.4 Å². The highest BCUT2D eigenvalue weighted by Crippen LogP contribution is 2.20. The highest BCUT2D eigenvalue weighted by molar-refractivity contribution is 5.87. The summed E-state index contributed by atoms with van der Waals surface area (Å²) in [5, 5.41) is 12.4. The average Bonchev–Trinajstić information content (AvgIpc) is 2.41. The number of hydrogen-bond acceptors (Lipinski definition) is 3. The number of nitrogens with zero attached hydrogens (tertiary/aromatic N) is 2. The number of aryl methyl sites for hydroxylation is 1. The maximum atomic E-state index is 8.98. The van der Waals surface area contributed by atoms with E-state index in [0.29, 0.717) is 5.92 Å². The monoisotopic (exact) mass is 246 g/mol. The summed E-state index contributed by atoms with van der Waals surface area (Å²) >= 11 is 0. The molecule has 1 fully saturated rings. The molecule has 1 aromatic carbocycles. The molecule has 1 aromatic rings. The predicted molar refractivity (Wildman–Crippen MR) is 74.1 cm³/mol. The van der Waals surface area contributed by atoms with E-state index in [-0.39, 0.29) is 0 Å². The van der Waals surface area contributed by atoms with Gasteiger partial charge in [-0.25, -0.2) is 0 Å². The van der Waals surface area contributed by atoms with Crippen LogP contribution in [0.1, 0.15) is 30.9 Å². The van der Waals surface area contributed by atoms with Gasteiger partial charge in [0.1, 0.15) is 0 Å². The molecule has 1 unspecified atom stereocenters. The van der Waals surface area contributed by atoms with Crippen LogP contribution in [0, 0.1) is 12.8 Å². The maximum absolute atomic E-state index is 8.98. The summed E-state index contributed by atoms with van der Waals surface area (Å²) in [4.78, 5) is 2.46. The lowest BCUT2D eigenvalue weighted by Crippen LogP contribution is -2.40. The Kier molecular flexibility index (Phi) is 4.37. The quantitative estimate of drug-likeness (QED) is 0.657. The molecule has 98 valence electrons. The van der Waals surface area contributed by atoms with E-state index in [1.54, 1.807) is 0 Å². The van der Waals surface area contributed by atoms with E-state index in [1.165, 1.54) is 11.1 Å². The molecule has 0 radical (unpaired) electrons. The van der Waals surface area contributed by atoms with Crippen LogP contribution in [0.5, 0.6) is 0 Å². The molecule has 3 nitrogen and oxygen atoms in total. The van der Waals surface area contributed by atoms with Crippen LogP contribution >= 0.6 is 0 Å². The van der Waals surface area contributed by atoms with Crippen molar-refractivity contribution >= 4 is 5.71 Å². The first-order chi connectivity index (χ1) is 8.74. The minimum atomic E-state index is 0.410. The summed E-state index contributed by atoms with van der Waals surface area (Å²) < 4.78 is 0. The van der Waals surface area contributed by atoms with Gasteiger partial charge in [0.15, 0.2) is 0 Å². The van der Waals surface area contributed by atoms with Gasteiger partial charge >= 0.3 is 0 Å². The van der Waals surface area contributed by atoms with E-state index in [4.69, 9.17) is 5.21 Å². The van der Waals surface area contributed by atoms with Crippen LogP contribution in [-0.4, -0.2) is 28.9 Å². The standard InChI is InChI=1S/C15H22N2O/c1-3-13-10-17(9-8-15(13)16-18)11-14-7-5-4-6-12(14)2/h4-7,13,18H,3,8-11H2,1-2H3/b16-15+. The van der Waals surface area contributed by atoms with Gasteiger partial charge in [-0.15, -0.1) is 0 Å². The largest absolute Gasteiger partial charge is 0.411 e. The van der Waals surface area contributed by atoms with E-state index in [9.17, 15) is 0 Å². The van der Waals surface area contributed by atoms with Crippen LogP contribution in [-0.2, 0) is 6.54 Å². The second kappa shape index (κ2) is 6.01. The lowest BCUT2D eigenvalue weighted by Gasteiger charge is -2.33. The van der Waals surface area contributed by atoms with Gasteiger partial charge in [0, 0.05) is 32.0 Å². The number of likely N-dealkylation sites (tertiary alicyclic amines) is 1. The second-order valence-electron chi connectivity index (χ2n) is 5.11. The molecule has 0 spiro atoms. The topological polar surface area (TPSA) is 35.8 Å². The molecular weight excluding hydrogens is 224 g/mol. The molecule has 1 N–H and O–H groups in total. The lowest BCUT2D eigenvalue weighted by atomic mass is 9.93. The molecule has 3 heteroatoms. The number of benzene rings is 1. The van der Waals surface area contributed by atoms with Crippen LogP contribution in [0.4, 0.5) is 0 Å². The molecule has 0 amide bonds. The summed E-state index contributed by atoms with van der Waals surface area (Å²) in [6.07, 6.45) is 1.94. The second-order valence-corrected chi connectivity index (χ2v) is 5.11. The molecule has 1 saturated heterocycles. The van der Waals surface area contributed by atoms with E-state index in [1.807, 2.05) is 0 Å². The third-order valence-corrected chi connectivity index (χ3v) is 3.91. The van der Waals surface area contributed by atoms with Crippen LogP contribution in [0.3, 0.4) is 0 Å². The van der Waals surface area contributed by atoms with Crippen LogP contribution in [0.25, 0.3) is 0 Å². The molecule has 0 aromatic heterocycles. The molecule has 1 aliphatic heterocycles. The van der Waals surface area contributed by atoms with Crippen molar-refractivity contribution < 1.29 is 5.21 Å². The highest BCUT2D eigenvalue weighted by Gasteiger charge is 2.24. The Labute approximate surface area is 109 Å². The minimum absolute atomic E-state index is 0.410. The van der Waals surface area contributed by atoms with Crippen LogP contribution in [0.2, 0.25) is 0 Å². The first-order valence-corrected chi connectivity index (χ1v) is 6.72. The van der Waals surface area contributed by atoms with Gasteiger partial charge in [-0.2, -0.15) is 0 Å². The zero-order valence-electron chi connectivity index (χ0n) is 11.3. The first-order valence-electron chi connectivity index (χ1n) is 6.72. The number of hydrogen-bond donors (Lipinski definition) is 1. The SMILES string of the molecule is CCC1CN(Cc2ccccc2C)CC/C1=N\O. The van der Waals surface area contributed by atoms with Gasteiger partial charge in [-0.3, -0.25) is 4.90 Å². The van der Waals surface area contributed by atoms with Crippen molar-refractivity contribution in [1.29, 1.82) is 0 Å². The lowest BCUT2D eigenvalue weighted by molar-refractivity contribution is 0.220. The normalized spacial score (nSPS) is 23.4. The molecule has 1 heterocycles. The molecule has 1 aliphatic rings. The van der Waals surface area contributed by atoms with E-state index < -0.39 is 0 Å². The Morgan fingerprint density at radius 3 is 2.83 bits per heavy atom. The summed E-state index contributed by atoms with van der Waals surface area (Å²) in [7, 11) is 0. The Hall–Kier alpha value is -1.35. The fourth-order valence-corrected chi connectivity index (χ4v) is 2.65. The van der Waals surface area contributed by atoms with Gasteiger partial charge in [-0.1, -0.05) is 36.3 Å². The highest BCUT2D eigenvalue weighted by atomic mass is 16.4. The smallest absolute Gasteiger partial charge is 0.0627 e. The third-order valence-electron chi connectivity index (χ3n) is 3.91. The van der Waals surface area contributed by atoms with E-state index >= 15 is 0 Å². The summed E-state index contributed by atoms with van der Waals surface area (Å²) in [6, 6.07) is 8.55. The van der Waals surface area contributed by atoms with Crippen molar-refractivity contribution in [2.24, 2.45) is 11.1 Å². The van der Waals surface area contributed by atoms with Gasteiger partial charge in [0.25, 0.3) is 0 Å². The van der Waals surface area contributed by atoms with E-state index in [2.05, 4.69) is 48.2 Å². The minimum Gasteiger partial charge on any atom is -0.411 e. The fraction of sp³-hybridized carbons (Fsp3) is 0.533. The van der Waals surface area contributed by atoms with Crippen molar-refractivity contribution in [2.75, 3.05) is 13.1 Å².